The van der Waals surface area contributed by atoms with Gasteiger partial charge in [0.1, 0.15) is 18.4 Å². The van der Waals surface area contributed by atoms with Crippen LogP contribution in [0.2, 0.25) is 0 Å². The molecule has 0 atom stereocenters. The van der Waals surface area contributed by atoms with Gasteiger partial charge in [-0.2, -0.15) is 31.6 Å². The van der Waals surface area contributed by atoms with Gasteiger partial charge in [0.2, 0.25) is 0 Å². The molecule has 6 nitrogen and oxygen atoms in total. The van der Waals surface area contributed by atoms with Crippen LogP contribution in [0.5, 0.6) is 5.75 Å². The number of nitrogens with one attached hydrogen (secondary N) is 2. The van der Waals surface area contributed by atoms with E-state index >= 15 is 0 Å². The van der Waals surface area contributed by atoms with Crippen molar-refractivity contribution >= 4 is 15.9 Å². The van der Waals surface area contributed by atoms with Gasteiger partial charge in [-0.3, -0.25) is 4.72 Å². The Morgan fingerprint density at radius 3 is 2.65 bits per heavy atom. The van der Waals surface area contributed by atoms with E-state index in [0.29, 0.717) is 0 Å². The molecule has 0 aromatic heterocycles. The van der Waals surface area contributed by atoms with Gasteiger partial charge in [0.05, 0.1) is 5.69 Å². The van der Waals surface area contributed by atoms with Crippen molar-refractivity contribution in [1.82, 2.24) is 4.72 Å². The summed E-state index contributed by atoms with van der Waals surface area (Å²) in [5.74, 6) is 0.211. The van der Waals surface area contributed by atoms with Crippen molar-refractivity contribution in [2.24, 2.45) is 0 Å². The van der Waals surface area contributed by atoms with Crippen LogP contribution in [0.25, 0.3) is 0 Å². The van der Waals surface area contributed by atoms with Gasteiger partial charge < -0.3 is 4.74 Å². The van der Waals surface area contributed by atoms with Crippen LogP contribution in [0, 0.1) is 11.3 Å². The lowest BCUT2D eigenvalue weighted by Crippen LogP contribution is -2.37. The first-order valence-electron chi connectivity index (χ1n) is 5.16. The van der Waals surface area contributed by atoms with Crippen LogP contribution in [0.1, 0.15) is 0 Å². The Bertz CT molecular complexity index is 596. The van der Waals surface area contributed by atoms with E-state index in [1.165, 1.54) is 29.0 Å². The van der Waals surface area contributed by atoms with Crippen molar-refractivity contribution in [2.45, 2.75) is 6.18 Å². The van der Waals surface area contributed by atoms with Crippen LogP contribution >= 0.6 is 0 Å². The molecule has 1 aromatic carbocycles. The molecular weight excluding hydrogens is 299 g/mol. The summed E-state index contributed by atoms with van der Waals surface area (Å²) in [6.07, 6.45) is -4.65. The SMILES string of the molecule is N#CCOc1cccc(NS(=O)(=O)NCC(F)(F)F)c1. The number of nitrogens with zero attached hydrogens (tertiary/aromatic N) is 1. The number of hydrogen-bond acceptors (Lipinski definition) is 4. The Hall–Kier alpha value is -1.99. The van der Waals surface area contributed by atoms with Crippen molar-refractivity contribution in [2.75, 3.05) is 17.9 Å². The van der Waals surface area contributed by atoms with Crippen LogP contribution < -0.4 is 14.2 Å². The molecule has 0 bridgehead atoms. The van der Waals surface area contributed by atoms with Crippen molar-refractivity contribution in [3.8, 4) is 11.8 Å². The van der Waals surface area contributed by atoms with Gasteiger partial charge in [0.25, 0.3) is 10.2 Å². The summed E-state index contributed by atoms with van der Waals surface area (Å²) in [6, 6.07) is 7.18. The predicted octanol–water partition coefficient (Wildman–Crippen LogP) is 1.40. The van der Waals surface area contributed by atoms with Crippen molar-refractivity contribution < 1.29 is 26.3 Å². The van der Waals surface area contributed by atoms with Crippen molar-refractivity contribution in [3.63, 3.8) is 0 Å². The third-order valence-corrected chi connectivity index (χ3v) is 2.88. The third kappa shape index (κ3) is 6.26. The summed E-state index contributed by atoms with van der Waals surface area (Å²) >= 11 is 0. The minimum Gasteiger partial charge on any atom is -0.479 e. The number of nitriles is 1. The van der Waals surface area contributed by atoms with Gasteiger partial charge in [-0.05, 0) is 12.1 Å². The largest absolute Gasteiger partial charge is 0.479 e. The zero-order valence-corrected chi connectivity index (χ0v) is 10.8. The lowest BCUT2D eigenvalue weighted by Gasteiger charge is -2.11. The summed E-state index contributed by atoms with van der Waals surface area (Å²) in [5, 5.41) is 8.33. The Labute approximate surface area is 113 Å². The number of rotatable bonds is 6. The third-order valence-electron chi connectivity index (χ3n) is 1.85. The van der Waals surface area contributed by atoms with Crippen LogP contribution in [-0.2, 0) is 10.2 Å². The van der Waals surface area contributed by atoms with E-state index in [4.69, 9.17) is 10.00 Å². The van der Waals surface area contributed by atoms with Crippen molar-refractivity contribution in [1.29, 1.82) is 5.26 Å². The first-order chi connectivity index (χ1) is 9.22. The molecule has 20 heavy (non-hydrogen) atoms. The molecule has 2 N–H and O–H groups in total. The maximum absolute atomic E-state index is 11.9. The van der Waals surface area contributed by atoms with Crippen LogP contribution in [0.3, 0.4) is 0 Å². The topological polar surface area (TPSA) is 91.2 Å². The highest BCUT2D eigenvalue weighted by Crippen LogP contribution is 2.18. The fourth-order valence-electron chi connectivity index (χ4n) is 1.13. The van der Waals surface area contributed by atoms with Crippen molar-refractivity contribution in [3.05, 3.63) is 24.3 Å². The molecule has 0 aliphatic heterocycles. The molecule has 0 aliphatic rings. The van der Waals surface area contributed by atoms with Gasteiger partial charge in [-0.25, -0.2) is 0 Å². The van der Waals surface area contributed by atoms with E-state index in [9.17, 15) is 21.6 Å². The second-order valence-electron chi connectivity index (χ2n) is 3.52. The lowest BCUT2D eigenvalue weighted by molar-refractivity contribution is -0.121. The standard InChI is InChI=1S/C10H10F3N3O3S/c11-10(12,13)7-15-20(17,18)16-8-2-1-3-9(6-8)19-5-4-14/h1-3,6,15-16H,5,7H2. The number of ether oxygens (including phenoxy) is 1. The molecule has 0 spiro atoms. The highest BCUT2D eigenvalue weighted by molar-refractivity contribution is 7.90. The summed E-state index contributed by atoms with van der Waals surface area (Å²) in [4.78, 5) is 0. The molecule has 0 amide bonds. The molecular formula is C10H10F3N3O3S. The number of anilines is 1. The lowest BCUT2D eigenvalue weighted by atomic mass is 10.3. The molecule has 110 valence electrons. The number of hydrogen-bond donors (Lipinski definition) is 2. The fraction of sp³-hybridized carbons (Fsp3) is 0.300. The zero-order chi connectivity index (χ0) is 15.2. The summed E-state index contributed by atoms with van der Waals surface area (Å²) in [7, 11) is -4.35. The molecule has 0 saturated heterocycles. The second kappa shape index (κ2) is 6.44. The van der Waals surface area contributed by atoms with Crippen LogP contribution in [0.15, 0.2) is 24.3 Å². The Morgan fingerprint density at radius 2 is 2.05 bits per heavy atom. The van der Waals surface area contributed by atoms with E-state index < -0.39 is 22.9 Å². The molecule has 0 saturated carbocycles. The molecule has 0 radical (unpaired) electrons. The molecule has 1 rings (SSSR count). The van der Waals surface area contributed by atoms with E-state index in [2.05, 4.69) is 0 Å². The molecule has 0 unspecified atom stereocenters. The maximum Gasteiger partial charge on any atom is 0.402 e. The summed E-state index contributed by atoms with van der Waals surface area (Å²) in [5.41, 5.74) is 0.00937. The minimum atomic E-state index is -4.65. The number of benzene rings is 1. The maximum atomic E-state index is 11.9. The van der Waals surface area contributed by atoms with Gasteiger partial charge in [0.15, 0.2) is 6.61 Å². The predicted molar refractivity (Wildman–Crippen MR) is 64.2 cm³/mol. The number of halogens is 3. The second-order valence-corrected chi connectivity index (χ2v) is 5.02. The van der Waals surface area contributed by atoms with Gasteiger partial charge in [-0.1, -0.05) is 6.07 Å². The Kier molecular flexibility index (Phi) is 5.18. The molecule has 0 aliphatic carbocycles. The first-order valence-corrected chi connectivity index (χ1v) is 6.64. The van der Waals surface area contributed by atoms with E-state index in [1.807, 2.05) is 4.72 Å². The first kappa shape index (κ1) is 16.1. The van der Waals surface area contributed by atoms with Gasteiger partial charge in [0, 0.05) is 6.07 Å². The average Bonchev–Trinajstić information content (AvgIpc) is 2.33. The summed E-state index contributed by atoms with van der Waals surface area (Å²) < 4.78 is 66.7. The van der Waals surface area contributed by atoms with Gasteiger partial charge in [-0.15, -0.1) is 0 Å². The zero-order valence-electron chi connectivity index (χ0n) is 9.94. The molecule has 10 heteroatoms. The fourth-order valence-corrected chi connectivity index (χ4v) is 2.00. The Morgan fingerprint density at radius 1 is 1.35 bits per heavy atom. The highest BCUT2D eigenvalue weighted by Gasteiger charge is 2.29. The average molecular weight is 309 g/mol. The van der Waals surface area contributed by atoms with E-state index in [-0.39, 0.29) is 18.0 Å². The Balaban J connectivity index is 2.70. The van der Waals surface area contributed by atoms with E-state index in [0.717, 1.165) is 0 Å². The monoisotopic (exact) mass is 309 g/mol. The minimum absolute atomic E-state index is 0.00937. The van der Waals surface area contributed by atoms with E-state index in [1.54, 1.807) is 6.07 Å². The quantitative estimate of drug-likeness (QED) is 0.831. The van der Waals surface area contributed by atoms with Crippen LogP contribution in [-0.4, -0.2) is 27.7 Å². The summed E-state index contributed by atoms with van der Waals surface area (Å²) in [6.45, 7) is -1.91. The smallest absolute Gasteiger partial charge is 0.402 e. The van der Waals surface area contributed by atoms with Crippen LogP contribution in [0.4, 0.5) is 18.9 Å². The molecule has 0 fully saturated rings. The molecule has 1 aromatic rings. The number of alkyl halides is 3. The van der Waals surface area contributed by atoms with Gasteiger partial charge >= 0.3 is 6.18 Å². The highest BCUT2D eigenvalue weighted by atomic mass is 32.2. The molecule has 0 heterocycles. The normalized spacial score (nSPS) is 11.7.